The topological polar surface area (TPSA) is 59.1 Å². The van der Waals surface area contributed by atoms with Gasteiger partial charge in [-0.05, 0) is 23.8 Å². The van der Waals surface area contributed by atoms with E-state index in [0.717, 1.165) is 16.9 Å². The van der Waals surface area contributed by atoms with Crippen LogP contribution in [-0.4, -0.2) is 53.9 Å². The SMILES string of the molecule is COc1ccc([C@@H]2S[C@H]3C(=O)N(C)[C@]4(Oc5ccccc5[C@@H]4S2)C(=O)N3C)cc1. The molecule has 150 valence electrons. The highest BCUT2D eigenvalue weighted by atomic mass is 32.2. The van der Waals surface area contributed by atoms with Crippen LogP contribution >= 0.6 is 23.5 Å². The van der Waals surface area contributed by atoms with Crippen LogP contribution in [0.25, 0.3) is 0 Å². The molecule has 4 atom stereocenters. The van der Waals surface area contributed by atoms with Gasteiger partial charge in [-0.15, -0.1) is 23.5 Å². The molecule has 4 aliphatic heterocycles. The lowest BCUT2D eigenvalue weighted by atomic mass is 9.99. The first-order valence-corrected chi connectivity index (χ1v) is 11.1. The number of piperazine rings is 1. The molecule has 0 unspecified atom stereocenters. The smallest absolute Gasteiger partial charge is 0.291 e. The Balaban J connectivity index is 1.66. The molecule has 2 amide bonds. The number of thioether (sulfide) groups is 2. The number of methoxy groups -OCH3 is 1. The number of amides is 2. The normalized spacial score (nSPS) is 30.4. The Kier molecular flexibility index (Phi) is 4.25. The summed E-state index contributed by atoms with van der Waals surface area (Å²) < 4.78 is 11.5. The van der Waals surface area contributed by atoms with Gasteiger partial charge in [-0.2, -0.15) is 0 Å². The zero-order chi connectivity index (χ0) is 20.3. The summed E-state index contributed by atoms with van der Waals surface area (Å²) in [6, 6.07) is 15.6. The van der Waals surface area contributed by atoms with Gasteiger partial charge >= 0.3 is 0 Å². The molecule has 8 heteroatoms. The maximum Gasteiger partial charge on any atom is 0.291 e. The minimum absolute atomic E-state index is 0.0433. The highest BCUT2D eigenvalue weighted by molar-refractivity contribution is 8.17. The average Bonchev–Trinajstić information content (AvgIpc) is 3.07. The van der Waals surface area contributed by atoms with E-state index in [1.165, 1.54) is 16.7 Å². The maximum absolute atomic E-state index is 13.5. The number of rotatable bonds is 2. The van der Waals surface area contributed by atoms with E-state index in [0.29, 0.717) is 5.75 Å². The molecule has 0 radical (unpaired) electrons. The van der Waals surface area contributed by atoms with Gasteiger partial charge in [0.25, 0.3) is 17.5 Å². The van der Waals surface area contributed by atoms with Crippen LogP contribution in [0, 0.1) is 0 Å². The van der Waals surface area contributed by atoms with Crippen molar-refractivity contribution in [3.05, 3.63) is 59.7 Å². The van der Waals surface area contributed by atoms with Crippen LogP contribution in [0.3, 0.4) is 0 Å². The lowest BCUT2D eigenvalue weighted by Crippen LogP contribution is -2.72. The van der Waals surface area contributed by atoms with Crippen molar-refractivity contribution in [2.75, 3.05) is 21.2 Å². The Labute approximate surface area is 177 Å². The Morgan fingerprint density at radius 1 is 1.03 bits per heavy atom. The van der Waals surface area contributed by atoms with Crippen LogP contribution in [0.5, 0.6) is 11.5 Å². The molecule has 0 N–H and O–H groups in total. The molecule has 4 heterocycles. The Morgan fingerprint density at radius 2 is 1.76 bits per heavy atom. The molecule has 2 aromatic rings. The highest BCUT2D eigenvalue weighted by Gasteiger charge is 2.66. The van der Waals surface area contributed by atoms with Crippen molar-refractivity contribution in [1.82, 2.24) is 9.80 Å². The van der Waals surface area contributed by atoms with Crippen LogP contribution in [0.4, 0.5) is 0 Å². The Hall–Kier alpha value is -2.32. The lowest BCUT2D eigenvalue weighted by Gasteiger charge is -2.51. The third kappa shape index (κ3) is 2.51. The lowest BCUT2D eigenvalue weighted by molar-refractivity contribution is -0.182. The fourth-order valence-electron chi connectivity index (χ4n) is 4.13. The number of benzene rings is 2. The molecule has 6 nitrogen and oxygen atoms in total. The number of para-hydroxylation sites is 1. The van der Waals surface area contributed by atoms with Crippen molar-refractivity contribution in [2.24, 2.45) is 0 Å². The van der Waals surface area contributed by atoms with Gasteiger partial charge in [0.1, 0.15) is 16.7 Å². The molecule has 4 aliphatic rings. The molecule has 2 bridgehead atoms. The number of hydrogen-bond donors (Lipinski definition) is 0. The summed E-state index contributed by atoms with van der Waals surface area (Å²) in [7, 11) is 5.00. The molecule has 0 saturated carbocycles. The molecular formula is C21H20N2O4S2. The zero-order valence-corrected chi connectivity index (χ0v) is 17.8. The van der Waals surface area contributed by atoms with Crippen molar-refractivity contribution in [1.29, 1.82) is 0 Å². The Bertz CT molecular complexity index is 998. The number of carbonyl (C=O) groups is 2. The summed E-state index contributed by atoms with van der Waals surface area (Å²) in [6.07, 6.45) is 0. The van der Waals surface area contributed by atoms with Gasteiger partial charge in [0, 0.05) is 19.7 Å². The Morgan fingerprint density at radius 3 is 2.48 bits per heavy atom. The zero-order valence-electron chi connectivity index (χ0n) is 16.2. The minimum Gasteiger partial charge on any atom is -0.497 e. The quantitative estimate of drug-likeness (QED) is 0.732. The van der Waals surface area contributed by atoms with Crippen LogP contribution in [0.1, 0.15) is 21.0 Å². The standard InChI is InChI=1S/C21H20N2O4S2/c1-22-18-17(24)23(2)21(20(22)25)16(14-6-4-5-7-15(14)27-21)28-19(29-18)12-8-10-13(26-3)11-9-12/h4-11,16,18-19H,1-3H3/t16-,18-,19-,21+/m0/s1. The monoisotopic (exact) mass is 428 g/mol. The van der Waals surface area contributed by atoms with Crippen LogP contribution in [0.15, 0.2) is 48.5 Å². The second-order valence-electron chi connectivity index (χ2n) is 7.26. The van der Waals surface area contributed by atoms with Crippen LogP contribution in [-0.2, 0) is 9.59 Å². The molecule has 2 aromatic carbocycles. The largest absolute Gasteiger partial charge is 0.497 e. The van der Waals surface area contributed by atoms with Gasteiger partial charge in [-0.3, -0.25) is 14.5 Å². The predicted molar refractivity (Wildman–Crippen MR) is 113 cm³/mol. The fraction of sp³-hybridized carbons (Fsp3) is 0.333. The average molecular weight is 429 g/mol. The van der Waals surface area contributed by atoms with Crippen molar-refractivity contribution < 1.29 is 19.1 Å². The molecule has 1 spiro atoms. The van der Waals surface area contributed by atoms with Gasteiger partial charge in [0.2, 0.25) is 0 Å². The maximum atomic E-state index is 13.5. The number of likely N-dealkylation sites (N-methyl/N-ethyl adjacent to an activating group) is 2. The van der Waals surface area contributed by atoms with E-state index in [9.17, 15) is 9.59 Å². The number of fused-ring (bicyclic) bond motifs is 5. The first kappa shape index (κ1) is 18.7. The molecule has 6 rings (SSSR count). The van der Waals surface area contributed by atoms with Gasteiger partial charge in [-0.25, -0.2) is 0 Å². The number of nitrogens with zero attached hydrogens (tertiary/aromatic N) is 2. The summed E-state index contributed by atoms with van der Waals surface area (Å²) in [5.41, 5.74) is 0.658. The third-order valence-electron chi connectivity index (χ3n) is 5.74. The number of ether oxygens (including phenoxy) is 2. The van der Waals surface area contributed by atoms with Gasteiger partial charge in [0.15, 0.2) is 5.37 Å². The van der Waals surface area contributed by atoms with Crippen molar-refractivity contribution >= 4 is 35.3 Å². The van der Waals surface area contributed by atoms with Crippen LogP contribution < -0.4 is 9.47 Å². The van der Waals surface area contributed by atoms with Crippen LogP contribution in [0.2, 0.25) is 0 Å². The first-order valence-electron chi connectivity index (χ1n) is 9.25. The second kappa shape index (κ2) is 6.60. The molecule has 3 saturated heterocycles. The van der Waals surface area contributed by atoms with Gasteiger partial charge in [-0.1, -0.05) is 30.3 Å². The predicted octanol–water partition coefficient (Wildman–Crippen LogP) is 3.26. The molecular weight excluding hydrogens is 408 g/mol. The number of hydrogen-bond acceptors (Lipinski definition) is 6. The third-order valence-corrected chi connectivity index (χ3v) is 9.07. The van der Waals surface area contributed by atoms with Gasteiger partial charge in [0.05, 0.1) is 11.7 Å². The van der Waals surface area contributed by atoms with E-state index >= 15 is 0 Å². The summed E-state index contributed by atoms with van der Waals surface area (Å²) in [5, 5.41) is -0.922. The summed E-state index contributed by atoms with van der Waals surface area (Å²) >= 11 is 3.16. The van der Waals surface area contributed by atoms with Crippen molar-refractivity contribution in [3.8, 4) is 11.5 Å². The number of carbonyl (C=O) groups excluding carboxylic acids is 2. The summed E-state index contributed by atoms with van der Waals surface area (Å²) in [4.78, 5) is 29.8. The van der Waals surface area contributed by atoms with E-state index in [2.05, 4.69) is 0 Å². The molecule has 0 aliphatic carbocycles. The van der Waals surface area contributed by atoms with E-state index in [1.807, 2.05) is 48.5 Å². The van der Waals surface area contributed by atoms with E-state index in [4.69, 9.17) is 9.47 Å². The van der Waals surface area contributed by atoms with E-state index in [-0.39, 0.29) is 21.6 Å². The van der Waals surface area contributed by atoms with Crippen molar-refractivity contribution in [3.63, 3.8) is 0 Å². The minimum atomic E-state index is -1.36. The second-order valence-corrected chi connectivity index (χ2v) is 9.96. The highest BCUT2D eigenvalue weighted by Crippen LogP contribution is 2.62. The molecule has 3 fully saturated rings. The first-order chi connectivity index (χ1) is 14.0. The summed E-state index contributed by atoms with van der Waals surface area (Å²) in [6.45, 7) is 0. The van der Waals surface area contributed by atoms with Gasteiger partial charge < -0.3 is 14.4 Å². The fourth-order valence-corrected chi connectivity index (χ4v) is 7.53. The summed E-state index contributed by atoms with van der Waals surface area (Å²) in [5.74, 6) is 1.14. The van der Waals surface area contributed by atoms with Crippen molar-refractivity contribution in [2.45, 2.75) is 20.9 Å². The van der Waals surface area contributed by atoms with E-state index < -0.39 is 11.1 Å². The molecule has 29 heavy (non-hydrogen) atoms. The van der Waals surface area contributed by atoms with E-state index in [1.54, 1.807) is 37.9 Å². The molecule has 0 aromatic heterocycles.